The molecule has 0 rings (SSSR count). The van der Waals surface area contributed by atoms with Crippen LogP contribution in [0.2, 0.25) is 0 Å². The van der Waals surface area contributed by atoms with Gasteiger partial charge < -0.3 is 5.11 Å². The van der Waals surface area contributed by atoms with Crippen LogP contribution in [-0.4, -0.2) is 11.2 Å². The van der Waals surface area contributed by atoms with E-state index in [1.165, 1.54) is 0 Å². The van der Waals surface area contributed by atoms with E-state index in [9.17, 15) is 5.11 Å². The Morgan fingerprint density at radius 1 is 1.33 bits per heavy atom. The smallest absolute Gasteiger partial charge is 0.0747 e. The summed E-state index contributed by atoms with van der Waals surface area (Å²) in [5, 5.41) is 9.63. The Kier molecular flexibility index (Phi) is 6.09. The summed E-state index contributed by atoms with van der Waals surface area (Å²) in [6, 6.07) is 0. The number of hydrogen-bond donors (Lipinski definition) is 1. The van der Waals surface area contributed by atoms with Crippen molar-refractivity contribution in [3.05, 3.63) is 11.6 Å². The quantitative estimate of drug-likeness (QED) is 0.628. The lowest BCUT2D eigenvalue weighted by Gasteiger charge is -2.12. The van der Waals surface area contributed by atoms with Gasteiger partial charge in [-0.3, -0.25) is 0 Å². The van der Waals surface area contributed by atoms with E-state index < -0.39 is 0 Å². The molecule has 1 N–H and O–H groups in total. The number of aliphatic hydroxyl groups is 1. The van der Waals surface area contributed by atoms with Gasteiger partial charge >= 0.3 is 0 Å². The molecule has 1 heteroatoms. The fourth-order valence-electron chi connectivity index (χ4n) is 1.18. The Bertz CT molecular complexity index is 136. The maximum absolute atomic E-state index is 9.63. The minimum Gasteiger partial charge on any atom is -0.389 e. The third-order valence-electron chi connectivity index (χ3n) is 2.07. The van der Waals surface area contributed by atoms with Crippen molar-refractivity contribution in [1.82, 2.24) is 0 Å². The lowest BCUT2D eigenvalue weighted by Crippen LogP contribution is -2.09. The van der Waals surface area contributed by atoms with Crippen LogP contribution in [0, 0.1) is 5.92 Å². The molecule has 0 aliphatic heterocycles. The van der Waals surface area contributed by atoms with E-state index in [0.717, 1.165) is 24.8 Å². The maximum atomic E-state index is 9.63. The van der Waals surface area contributed by atoms with E-state index in [-0.39, 0.29) is 6.10 Å². The van der Waals surface area contributed by atoms with Crippen LogP contribution >= 0.6 is 0 Å². The van der Waals surface area contributed by atoms with E-state index in [0.29, 0.717) is 5.92 Å². The highest BCUT2D eigenvalue weighted by molar-refractivity contribution is 5.03. The van der Waals surface area contributed by atoms with Gasteiger partial charge in [-0.2, -0.15) is 0 Å². The van der Waals surface area contributed by atoms with Crippen molar-refractivity contribution in [3.63, 3.8) is 0 Å². The molecule has 0 aliphatic carbocycles. The van der Waals surface area contributed by atoms with Crippen LogP contribution in [0.25, 0.3) is 0 Å². The van der Waals surface area contributed by atoms with Crippen LogP contribution < -0.4 is 0 Å². The fourth-order valence-corrected chi connectivity index (χ4v) is 1.18. The monoisotopic (exact) mass is 170 g/mol. The van der Waals surface area contributed by atoms with Gasteiger partial charge in [0, 0.05) is 0 Å². The van der Waals surface area contributed by atoms with Crippen molar-refractivity contribution in [2.75, 3.05) is 0 Å². The van der Waals surface area contributed by atoms with E-state index in [2.05, 4.69) is 26.8 Å². The predicted octanol–water partition coefficient (Wildman–Crippen LogP) is 3.14. The second kappa shape index (κ2) is 6.24. The highest BCUT2D eigenvalue weighted by Gasteiger charge is 2.06. The average molecular weight is 170 g/mol. The van der Waals surface area contributed by atoms with Gasteiger partial charge in [-0.15, -0.1) is 0 Å². The highest BCUT2D eigenvalue weighted by atomic mass is 16.3. The minimum absolute atomic E-state index is 0.215. The maximum Gasteiger partial charge on any atom is 0.0747 e. The summed E-state index contributed by atoms with van der Waals surface area (Å²) in [6.07, 6.45) is 4.92. The largest absolute Gasteiger partial charge is 0.389 e. The molecule has 0 heterocycles. The Hall–Kier alpha value is -0.300. The first-order valence-electron chi connectivity index (χ1n) is 4.92. The zero-order valence-electron chi connectivity index (χ0n) is 8.80. The molecule has 0 aromatic carbocycles. The molecule has 0 fully saturated rings. The van der Waals surface area contributed by atoms with E-state index in [1.54, 1.807) is 0 Å². The molecule has 0 spiro atoms. The molecule has 0 aromatic heterocycles. The molecule has 0 bridgehead atoms. The van der Waals surface area contributed by atoms with Gasteiger partial charge in [0.05, 0.1) is 6.10 Å². The molecular formula is C11H22O. The lowest BCUT2D eigenvalue weighted by atomic mass is 10.0. The highest BCUT2D eigenvalue weighted by Crippen LogP contribution is 2.12. The van der Waals surface area contributed by atoms with E-state index in [4.69, 9.17) is 0 Å². The normalized spacial score (nSPS) is 15.3. The van der Waals surface area contributed by atoms with Gasteiger partial charge in [0.25, 0.3) is 0 Å². The Morgan fingerprint density at radius 3 is 2.33 bits per heavy atom. The molecule has 0 aromatic rings. The first-order valence-corrected chi connectivity index (χ1v) is 4.92. The molecule has 0 unspecified atom stereocenters. The number of hydrogen-bond acceptors (Lipinski definition) is 1. The van der Waals surface area contributed by atoms with Crippen molar-refractivity contribution in [1.29, 1.82) is 0 Å². The lowest BCUT2D eigenvalue weighted by molar-refractivity contribution is 0.191. The van der Waals surface area contributed by atoms with Crippen LogP contribution in [-0.2, 0) is 0 Å². The van der Waals surface area contributed by atoms with Crippen LogP contribution in [0.15, 0.2) is 11.6 Å². The first-order chi connectivity index (χ1) is 5.57. The summed E-state index contributed by atoms with van der Waals surface area (Å²) >= 11 is 0. The van der Waals surface area contributed by atoms with Crippen LogP contribution in [0.4, 0.5) is 0 Å². The van der Waals surface area contributed by atoms with E-state index in [1.807, 2.05) is 6.92 Å². The molecule has 12 heavy (non-hydrogen) atoms. The minimum atomic E-state index is -0.215. The summed E-state index contributed by atoms with van der Waals surface area (Å²) in [4.78, 5) is 0. The van der Waals surface area contributed by atoms with Crippen molar-refractivity contribution in [2.45, 2.75) is 53.1 Å². The molecule has 72 valence electrons. The summed E-state index contributed by atoms with van der Waals surface area (Å²) in [5.41, 5.74) is 1.12. The van der Waals surface area contributed by atoms with Crippen molar-refractivity contribution in [2.24, 2.45) is 5.92 Å². The number of rotatable bonds is 5. The van der Waals surface area contributed by atoms with Crippen molar-refractivity contribution < 1.29 is 5.11 Å². The van der Waals surface area contributed by atoms with E-state index >= 15 is 0 Å². The third-order valence-corrected chi connectivity index (χ3v) is 2.07. The van der Waals surface area contributed by atoms with Gasteiger partial charge in [0.1, 0.15) is 0 Å². The molecule has 1 atom stereocenters. The zero-order valence-corrected chi connectivity index (χ0v) is 8.80. The molecular weight excluding hydrogens is 148 g/mol. The molecule has 0 radical (unpaired) electrons. The molecule has 0 saturated carbocycles. The summed E-state index contributed by atoms with van der Waals surface area (Å²) in [5.74, 6) is 0.689. The van der Waals surface area contributed by atoms with Gasteiger partial charge in [0.2, 0.25) is 0 Å². The Balaban J connectivity index is 3.71. The van der Waals surface area contributed by atoms with Gasteiger partial charge in [-0.1, -0.05) is 26.8 Å². The van der Waals surface area contributed by atoms with Gasteiger partial charge in [-0.05, 0) is 37.7 Å². The van der Waals surface area contributed by atoms with Crippen LogP contribution in [0.1, 0.15) is 47.0 Å². The third kappa shape index (κ3) is 5.36. The van der Waals surface area contributed by atoms with Crippen molar-refractivity contribution in [3.8, 4) is 0 Å². The average Bonchev–Trinajstić information content (AvgIpc) is 2.00. The molecule has 0 aliphatic rings. The zero-order chi connectivity index (χ0) is 9.56. The Labute approximate surface area is 76.5 Å². The second-order valence-electron chi connectivity index (χ2n) is 3.84. The standard InChI is InChI=1S/C11H22O/c1-5-6-10(4)11(12)8-7-9(2)3/h6,9,11-12H,5,7-8H2,1-4H3/b10-6+/t11-/m1/s1. The molecule has 0 saturated heterocycles. The number of allylic oxidation sites excluding steroid dienone is 1. The van der Waals surface area contributed by atoms with Crippen LogP contribution in [0.5, 0.6) is 0 Å². The predicted molar refractivity (Wildman–Crippen MR) is 54.1 cm³/mol. The Morgan fingerprint density at radius 2 is 1.92 bits per heavy atom. The summed E-state index contributed by atoms with van der Waals surface area (Å²) in [6.45, 7) is 8.48. The fraction of sp³-hybridized carbons (Fsp3) is 0.818. The van der Waals surface area contributed by atoms with Gasteiger partial charge in [0.15, 0.2) is 0 Å². The second-order valence-corrected chi connectivity index (χ2v) is 3.84. The molecule has 1 nitrogen and oxygen atoms in total. The van der Waals surface area contributed by atoms with Crippen molar-refractivity contribution >= 4 is 0 Å². The summed E-state index contributed by atoms with van der Waals surface area (Å²) in [7, 11) is 0. The summed E-state index contributed by atoms with van der Waals surface area (Å²) < 4.78 is 0. The SMILES string of the molecule is CC/C=C(\C)[C@H](O)CCC(C)C. The topological polar surface area (TPSA) is 20.2 Å². The molecule has 0 amide bonds. The number of aliphatic hydroxyl groups excluding tert-OH is 1. The first kappa shape index (κ1) is 11.7. The van der Waals surface area contributed by atoms with Crippen LogP contribution in [0.3, 0.4) is 0 Å². The van der Waals surface area contributed by atoms with Gasteiger partial charge in [-0.25, -0.2) is 0 Å².